The summed E-state index contributed by atoms with van der Waals surface area (Å²) < 4.78 is 6.33. The molecular weight excluding hydrogens is 246 g/mol. The first-order valence-electron chi connectivity index (χ1n) is 4.40. The summed E-state index contributed by atoms with van der Waals surface area (Å²) in [7, 11) is 0. The zero-order valence-electron chi connectivity index (χ0n) is 7.76. The summed E-state index contributed by atoms with van der Waals surface area (Å²) >= 11 is 3.37. The Morgan fingerprint density at radius 3 is 3.07 bits per heavy atom. The third-order valence-corrected chi connectivity index (χ3v) is 2.80. The number of nitrogens with one attached hydrogen (secondary N) is 1. The highest BCUT2D eigenvalue weighted by Crippen LogP contribution is 2.32. The summed E-state index contributed by atoms with van der Waals surface area (Å²) in [5.41, 5.74) is 1.57. The summed E-state index contributed by atoms with van der Waals surface area (Å²) in [4.78, 5) is 11.7. The minimum atomic E-state index is -0.0590. The van der Waals surface area contributed by atoms with E-state index in [4.69, 9.17) is 4.74 Å². The molecule has 0 saturated carbocycles. The fourth-order valence-corrected chi connectivity index (χ4v) is 1.93. The van der Waals surface area contributed by atoms with Gasteiger partial charge in [-0.3, -0.25) is 4.79 Å². The number of rotatable bonds is 0. The summed E-state index contributed by atoms with van der Waals surface area (Å²) in [6.45, 7) is 2.97. The summed E-state index contributed by atoms with van der Waals surface area (Å²) in [6.07, 6.45) is 0. The standard InChI is InChI=1S/C10H10BrNO2/c1-6-2-3-7(11)9-8(6)10(13)12-4-5-14-9/h2-3H,4-5H2,1H3,(H,12,13). The van der Waals surface area contributed by atoms with Crippen LogP contribution in [-0.4, -0.2) is 19.1 Å². The number of aryl methyl sites for hydroxylation is 1. The Balaban J connectivity index is 2.62. The van der Waals surface area contributed by atoms with E-state index in [1.165, 1.54) is 0 Å². The average molecular weight is 256 g/mol. The molecule has 0 saturated heterocycles. The molecule has 0 radical (unpaired) electrons. The highest BCUT2D eigenvalue weighted by Gasteiger charge is 2.20. The number of fused-ring (bicyclic) bond motifs is 1. The maximum atomic E-state index is 11.7. The molecule has 3 nitrogen and oxygen atoms in total. The van der Waals surface area contributed by atoms with Crippen LogP contribution in [0.25, 0.3) is 0 Å². The molecule has 1 aromatic carbocycles. The van der Waals surface area contributed by atoms with E-state index < -0.39 is 0 Å². The molecule has 1 amide bonds. The Labute approximate surface area is 90.6 Å². The van der Waals surface area contributed by atoms with Gasteiger partial charge in [-0.25, -0.2) is 0 Å². The third kappa shape index (κ3) is 1.50. The quantitative estimate of drug-likeness (QED) is 0.769. The topological polar surface area (TPSA) is 38.3 Å². The molecule has 1 aliphatic heterocycles. The first-order chi connectivity index (χ1) is 6.70. The number of carbonyl (C=O) groups is 1. The number of hydrogen-bond acceptors (Lipinski definition) is 2. The third-order valence-electron chi connectivity index (χ3n) is 2.18. The lowest BCUT2D eigenvalue weighted by molar-refractivity contribution is 0.0956. The van der Waals surface area contributed by atoms with Gasteiger partial charge >= 0.3 is 0 Å². The molecule has 1 aliphatic rings. The molecule has 0 bridgehead atoms. The molecular formula is C10H10BrNO2. The zero-order valence-corrected chi connectivity index (χ0v) is 9.35. The highest BCUT2D eigenvalue weighted by atomic mass is 79.9. The predicted molar refractivity (Wildman–Crippen MR) is 56.7 cm³/mol. The van der Waals surface area contributed by atoms with Gasteiger partial charge in [0.1, 0.15) is 12.4 Å². The molecule has 1 N–H and O–H groups in total. The zero-order chi connectivity index (χ0) is 10.1. The van der Waals surface area contributed by atoms with Crippen molar-refractivity contribution < 1.29 is 9.53 Å². The van der Waals surface area contributed by atoms with Crippen molar-refractivity contribution in [1.82, 2.24) is 5.32 Å². The van der Waals surface area contributed by atoms with Gasteiger partial charge in [0.05, 0.1) is 16.6 Å². The van der Waals surface area contributed by atoms with Crippen LogP contribution >= 0.6 is 15.9 Å². The second-order valence-electron chi connectivity index (χ2n) is 3.17. The largest absolute Gasteiger partial charge is 0.490 e. The van der Waals surface area contributed by atoms with E-state index in [0.29, 0.717) is 24.5 Å². The molecule has 14 heavy (non-hydrogen) atoms. The number of ether oxygens (including phenoxy) is 1. The van der Waals surface area contributed by atoms with Crippen LogP contribution in [0.15, 0.2) is 16.6 Å². The number of halogens is 1. The van der Waals surface area contributed by atoms with Crippen LogP contribution in [0.5, 0.6) is 5.75 Å². The van der Waals surface area contributed by atoms with Crippen LogP contribution in [0.1, 0.15) is 15.9 Å². The van der Waals surface area contributed by atoms with Crippen molar-refractivity contribution in [2.75, 3.05) is 13.2 Å². The summed E-state index contributed by atoms with van der Waals surface area (Å²) in [5.74, 6) is 0.594. The Morgan fingerprint density at radius 2 is 2.29 bits per heavy atom. The fourth-order valence-electron chi connectivity index (χ4n) is 1.49. The SMILES string of the molecule is Cc1ccc(Br)c2c1C(=O)NCCO2. The van der Waals surface area contributed by atoms with Crippen molar-refractivity contribution in [2.24, 2.45) is 0 Å². The Morgan fingerprint density at radius 1 is 1.50 bits per heavy atom. The monoisotopic (exact) mass is 255 g/mol. The maximum Gasteiger partial charge on any atom is 0.255 e. The minimum absolute atomic E-state index is 0.0590. The lowest BCUT2D eigenvalue weighted by atomic mass is 10.1. The molecule has 2 rings (SSSR count). The van der Waals surface area contributed by atoms with Gasteiger partial charge < -0.3 is 10.1 Å². The van der Waals surface area contributed by atoms with E-state index in [-0.39, 0.29) is 5.91 Å². The van der Waals surface area contributed by atoms with E-state index in [9.17, 15) is 4.79 Å². The van der Waals surface area contributed by atoms with Crippen LogP contribution in [-0.2, 0) is 0 Å². The minimum Gasteiger partial charge on any atom is -0.490 e. The van der Waals surface area contributed by atoms with Gasteiger partial charge in [0.25, 0.3) is 5.91 Å². The molecule has 0 atom stereocenters. The van der Waals surface area contributed by atoms with Gasteiger partial charge in [-0.1, -0.05) is 6.07 Å². The second kappa shape index (κ2) is 3.61. The molecule has 0 aliphatic carbocycles. The van der Waals surface area contributed by atoms with Crippen molar-refractivity contribution in [2.45, 2.75) is 6.92 Å². The van der Waals surface area contributed by atoms with E-state index in [2.05, 4.69) is 21.2 Å². The molecule has 1 heterocycles. The van der Waals surface area contributed by atoms with Crippen molar-refractivity contribution in [3.63, 3.8) is 0 Å². The Hall–Kier alpha value is -1.03. The average Bonchev–Trinajstić information content (AvgIpc) is 2.35. The van der Waals surface area contributed by atoms with Gasteiger partial charge in [-0.15, -0.1) is 0 Å². The normalized spacial score (nSPS) is 15.1. The van der Waals surface area contributed by atoms with E-state index in [1.807, 2.05) is 19.1 Å². The van der Waals surface area contributed by atoms with Crippen molar-refractivity contribution in [3.8, 4) is 5.75 Å². The first-order valence-corrected chi connectivity index (χ1v) is 5.19. The van der Waals surface area contributed by atoms with Crippen LogP contribution in [0, 0.1) is 6.92 Å². The first kappa shape index (κ1) is 9.52. The molecule has 0 unspecified atom stereocenters. The van der Waals surface area contributed by atoms with Crippen molar-refractivity contribution in [3.05, 3.63) is 27.7 Å². The van der Waals surface area contributed by atoms with E-state index in [0.717, 1.165) is 10.0 Å². The number of carbonyl (C=O) groups excluding carboxylic acids is 1. The van der Waals surface area contributed by atoms with E-state index in [1.54, 1.807) is 0 Å². The predicted octanol–water partition coefficient (Wildman–Crippen LogP) is 1.88. The van der Waals surface area contributed by atoms with Crippen LogP contribution in [0.3, 0.4) is 0 Å². The van der Waals surface area contributed by atoms with Crippen LogP contribution < -0.4 is 10.1 Å². The second-order valence-corrected chi connectivity index (χ2v) is 4.03. The van der Waals surface area contributed by atoms with Gasteiger partial charge in [0.2, 0.25) is 0 Å². The summed E-state index contributed by atoms with van der Waals surface area (Å²) in [6, 6.07) is 3.80. The van der Waals surface area contributed by atoms with Crippen molar-refractivity contribution >= 4 is 21.8 Å². The highest BCUT2D eigenvalue weighted by molar-refractivity contribution is 9.10. The molecule has 74 valence electrons. The Bertz CT molecular complexity index is 390. The van der Waals surface area contributed by atoms with Gasteiger partial charge in [-0.05, 0) is 34.5 Å². The smallest absolute Gasteiger partial charge is 0.255 e. The molecule has 0 aromatic heterocycles. The Kier molecular flexibility index (Phi) is 2.46. The molecule has 0 fully saturated rings. The number of benzene rings is 1. The molecule has 1 aromatic rings. The summed E-state index contributed by atoms with van der Waals surface area (Å²) in [5, 5.41) is 2.78. The maximum absolute atomic E-state index is 11.7. The molecule has 0 spiro atoms. The lowest BCUT2D eigenvalue weighted by Gasteiger charge is -2.09. The van der Waals surface area contributed by atoms with E-state index >= 15 is 0 Å². The fraction of sp³-hybridized carbons (Fsp3) is 0.300. The molecule has 4 heteroatoms. The number of amides is 1. The van der Waals surface area contributed by atoms with Crippen LogP contribution in [0.4, 0.5) is 0 Å². The van der Waals surface area contributed by atoms with Crippen molar-refractivity contribution in [1.29, 1.82) is 0 Å². The van der Waals surface area contributed by atoms with Gasteiger partial charge in [0, 0.05) is 0 Å². The van der Waals surface area contributed by atoms with Crippen LogP contribution in [0.2, 0.25) is 0 Å². The van der Waals surface area contributed by atoms with Gasteiger partial charge in [0.15, 0.2) is 0 Å². The number of hydrogen-bond donors (Lipinski definition) is 1. The lowest BCUT2D eigenvalue weighted by Crippen LogP contribution is -2.24. The van der Waals surface area contributed by atoms with Gasteiger partial charge in [-0.2, -0.15) is 0 Å².